The summed E-state index contributed by atoms with van der Waals surface area (Å²) in [5.74, 6) is -0.139. The molecule has 2 heterocycles. The summed E-state index contributed by atoms with van der Waals surface area (Å²) in [5.41, 5.74) is -1.38. The van der Waals surface area contributed by atoms with E-state index in [1.807, 2.05) is 6.92 Å². The zero-order valence-electron chi connectivity index (χ0n) is 15.5. The highest BCUT2D eigenvalue weighted by Crippen LogP contribution is 2.36. The zero-order valence-corrected chi connectivity index (χ0v) is 16.4. The summed E-state index contributed by atoms with van der Waals surface area (Å²) >= 11 is 1.27. The number of halogens is 3. The Bertz CT molecular complexity index is 872. The van der Waals surface area contributed by atoms with Gasteiger partial charge in [-0.3, -0.25) is 4.79 Å². The van der Waals surface area contributed by atoms with Gasteiger partial charge in [-0.2, -0.15) is 18.1 Å². The number of nitrogens with zero attached hydrogens (tertiary/aromatic N) is 3. The number of ether oxygens (including phenoxy) is 1. The molecule has 0 N–H and O–H groups in total. The first-order valence-corrected chi connectivity index (χ1v) is 9.09. The van der Waals surface area contributed by atoms with Crippen molar-refractivity contribution in [1.29, 1.82) is 0 Å². The maximum absolute atomic E-state index is 13.0. The third kappa shape index (κ3) is 4.74. The Morgan fingerprint density at radius 1 is 1.26 bits per heavy atom. The van der Waals surface area contributed by atoms with Crippen LogP contribution in [-0.2, 0) is 15.7 Å². The second-order valence-electron chi connectivity index (χ2n) is 6.67. The summed E-state index contributed by atoms with van der Waals surface area (Å²) in [5, 5.41) is 4.08. The van der Waals surface area contributed by atoms with Gasteiger partial charge in [0.1, 0.15) is 5.60 Å². The number of hydrogen-bond acceptors (Lipinski definition) is 5. The Hall–Kier alpha value is -2.23. The van der Waals surface area contributed by atoms with Gasteiger partial charge in [-0.15, -0.1) is 16.9 Å². The lowest BCUT2D eigenvalue weighted by molar-refractivity contribution is -0.138. The van der Waals surface area contributed by atoms with Crippen LogP contribution in [0.15, 0.2) is 23.2 Å². The van der Waals surface area contributed by atoms with E-state index >= 15 is 0 Å². The van der Waals surface area contributed by atoms with Crippen molar-refractivity contribution in [3.8, 4) is 0 Å². The molecule has 0 aliphatic carbocycles. The minimum absolute atomic E-state index is 0.0528. The summed E-state index contributed by atoms with van der Waals surface area (Å²) in [6.07, 6.45) is -4.65. The van der Waals surface area contributed by atoms with Crippen LogP contribution < -0.4 is 4.90 Å². The fourth-order valence-electron chi connectivity index (χ4n) is 2.28. The first-order chi connectivity index (χ1) is 12.3. The molecule has 2 aromatic heterocycles. The highest BCUT2D eigenvalue weighted by Gasteiger charge is 2.34. The van der Waals surface area contributed by atoms with Gasteiger partial charge >= 0.3 is 12.3 Å². The molecule has 2 aromatic rings. The molecule has 0 saturated carbocycles. The predicted molar refractivity (Wildman–Crippen MR) is 96.0 cm³/mol. The van der Waals surface area contributed by atoms with Crippen molar-refractivity contribution in [2.45, 2.75) is 51.3 Å². The molecule has 0 fully saturated rings. The van der Waals surface area contributed by atoms with E-state index < -0.39 is 29.3 Å². The molecule has 0 spiro atoms. The molecule has 0 radical (unpaired) electrons. The van der Waals surface area contributed by atoms with Crippen molar-refractivity contribution in [3.63, 3.8) is 0 Å². The zero-order chi connectivity index (χ0) is 20.6. The van der Waals surface area contributed by atoms with Gasteiger partial charge in [0.15, 0.2) is 5.82 Å². The van der Waals surface area contributed by atoms with Crippen LogP contribution in [0, 0.1) is 0 Å². The molecule has 0 atom stereocenters. The molecular formula is C17H20F3N3O3S. The van der Waals surface area contributed by atoms with Crippen molar-refractivity contribution in [1.82, 2.24) is 9.61 Å². The van der Waals surface area contributed by atoms with Crippen LogP contribution in [0.5, 0.6) is 0 Å². The standard InChI is InChI=1S/C17H20F3N3O3S/c1-6-27-13-12-8-7-11(17(18,19)20)9-22(12)21-14(13)23(10(2)24)15(25)26-16(3,4)5/h7-9H,6H2,1-5H3. The van der Waals surface area contributed by atoms with E-state index in [1.165, 1.54) is 17.8 Å². The highest BCUT2D eigenvalue weighted by molar-refractivity contribution is 7.99. The van der Waals surface area contributed by atoms with E-state index in [9.17, 15) is 22.8 Å². The number of carbonyl (C=O) groups excluding carboxylic acids is 2. The lowest BCUT2D eigenvalue weighted by Gasteiger charge is -2.24. The number of fused-ring (bicyclic) bond motifs is 1. The van der Waals surface area contributed by atoms with Gasteiger partial charge in [-0.1, -0.05) is 6.92 Å². The summed E-state index contributed by atoms with van der Waals surface area (Å²) in [4.78, 5) is 25.8. The Kier molecular flexibility index (Phi) is 5.79. The van der Waals surface area contributed by atoms with E-state index in [2.05, 4.69) is 5.10 Å². The number of imide groups is 1. The number of carbonyl (C=O) groups is 2. The number of aromatic nitrogens is 2. The number of anilines is 1. The van der Waals surface area contributed by atoms with Crippen molar-refractivity contribution < 1.29 is 27.5 Å². The van der Waals surface area contributed by atoms with Gasteiger partial charge in [0.05, 0.1) is 16.0 Å². The summed E-state index contributed by atoms with van der Waals surface area (Å²) < 4.78 is 45.2. The number of rotatable bonds is 3. The Balaban J connectivity index is 2.64. The number of amides is 2. The van der Waals surface area contributed by atoms with Crippen LogP contribution in [0.4, 0.5) is 23.8 Å². The van der Waals surface area contributed by atoms with E-state index in [0.29, 0.717) is 16.2 Å². The summed E-state index contributed by atoms with van der Waals surface area (Å²) in [7, 11) is 0. The fraction of sp³-hybridized carbons (Fsp3) is 0.471. The van der Waals surface area contributed by atoms with Crippen LogP contribution in [0.1, 0.15) is 40.2 Å². The van der Waals surface area contributed by atoms with E-state index in [1.54, 1.807) is 20.8 Å². The average Bonchev–Trinajstić information content (AvgIpc) is 2.82. The van der Waals surface area contributed by atoms with Crippen molar-refractivity contribution >= 4 is 35.1 Å². The minimum atomic E-state index is -4.54. The van der Waals surface area contributed by atoms with Crippen molar-refractivity contribution in [3.05, 3.63) is 23.9 Å². The number of pyridine rings is 1. The smallest absolute Gasteiger partial charge is 0.423 e. The van der Waals surface area contributed by atoms with Gasteiger partial charge < -0.3 is 4.74 Å². The number of hydrogen-bond donors (Lipinski definition) is 0. The lowest BCUT2D eigenvalue weighted by atomic mass is 10.2. The van der Waals surface area contributed by atoms with Gasteiger partial charge in [0, 0.05) is 13.1 Å². The second-order valence-corrected chi connectivity index (χ2v) is 7.94. The van der Waals surface area contributed by atoms with E-state index in [-0.39, 0.29) is 5.82 Å². The second kappa shape index (κ2) is 7.41. The summed E-state index contributed by atoms with van der Waals surface area (Å²) in [6.45, 7) is 7.93. The molecule has 0 aliphatic heterocycles. The molecule has 0 aromatic carbocycles. The fourth-order valence-corrected chi connectivity index (χ4v) is 3.14. The van der Waals surface area contributed by atoms with Crippen molar-refractivity contribution in [2.75, 3.05) is 10.7 Å². The molecule has 148 valence electrons. The third-order valence-electron chi connectivity index (χ3n) is 3.29. The SMILES string of the molecule is CCSc1c(N(C(C)=O)C(=O)OC(C)(C)C)nn2cc(C(F)(F)F)ccc12. The normalized spacial score (nSPS) is 12.3. The van der Waals surface area contributed by atoms with E-state index in [0.717, 1.165) is 28.6 Å². The van der Waals surface area contributed by atoms with Crippen LogP contribution >= 0.6 is 11.8 Å². The molecule has 2 rings (SSSR count). The molecule has 0 saturated heterocycles. The monoisotopic (exact) mass is 403 g/mol. The predicted octanol–water partition coefficient (Wildman–Crippen LogP) is 4.75. The maximum Gasteiger partial charge on any atom is 0.423 e. The Labute approximate surface area is 158 Å². The average molecular weight is 403 g/mol. The third-order valence-corrected chi connectivity index (χ3v) is 4.25. The first-order valence-electron chi connectivity index (χ1n) is 8.11. The van der Waals surface area contributed by atoms with Crippen LogP contribution in [-0.4, -0.2) is 33.0 Å². The molecule has 0 aliphatic rings. The van der Waals surface area contributed by atoms with Crippen molar-refractivity contribution in [2.24, 2.45) is 0 Å². The Morgan fingerprint density at radius 3 is 2.37 bits per heavy atom. The molecule has 6 nitrogen and oxygen atoms in total. The largest absolute Gasteiger partial charge is 0.443 e. The van der Waals surface area contributed by atoms with Gasteiger partial charge in [-0.25, -0.2) is 9.31 Å². The first kappa shape index (κ1) is 21.1. The maximum atomic E-state index is 13.0. The van der Waals surface area contributed by atoms with Crippen LogP contribution in [0.25, 0.3) is 5.52 Å². The van der Waals surface area contributed by atoms with Gasteiger partial charge in [0.25, 0.3) is 0 Å². The van der Waals surface area contributed by atoms with E-state index in [4.69, 9.17) is 4.74 Å². The summed E-state index contributed by atoms with van der Waals surface area (Å²) in [6, 6.07) is 2.21. The highest BCUT2D eigenvalue weighted by atomic mass is 32.2. The molecule has 27 heavy (non-hydrogen) atoms. The quantitative estimate of drug-likeness (QED) is 0.692. The van der Waals surface area contributed by atoms with Crippen LogP contribution in [0.3, 0.4) is 0 Å². The lowest BCUT2D eigenvalue weighted by Crippen LogP contribution is -2.40. The molecule has 10 heteroatoms. The molecular weight excluding hydrogens is 383 g/mol. The number of thioether (sulfide) groups is 1. The van der Waals surface area contributed by atoms with Gasteiger partial charge in [-0.05, 0) is 38.7 Å². The number of alkyl halides is 3. The van der Waals surface area contributed by atoms with Crippen LogP contribution in [0.2, 0.25) is 0 Å². The molecule has 0 unspecified atom stereocenters. The Morgan fingerprint density at radius 2 is 1.89 bits per heavy atom. The minimum Gasteiger partial charge on any atom is -0.443 e. The van der Waals surface area contributed by atoms with Gasteiger partial charge in [0.2, 0.25) is 5.91 Å². The molecule has 0 bridgehead atoms. The molecule has 2 amide bonds. The topological polar surface area (TPSA) is 63.9 Å².